The summed E-state index contributed by atoms with van der Waals surface area (Å²) in [6.07, 6.45) is 0. The fourth-order valence-corrected chi connectivity index (χ4v) is 2.23. The first-order chi connectivity index (χ1) is 7.52. The minimum Gasteiger partial charge on any atom is -0.252 e. The average Bonchev–Trinajstić information content (AvgIpc) is 2.25. The fraction of sp³-hybridized carbons (Fsp3) is 0.357. The quantitative estimate of drug-likeness (QED) is 0.700. The van der Waals surface area contributed by atoms with E-state index in [1.807, 2.05) is 19.9 Å². The van der Waals surface area contributed by atoms with Crippen molar-refractivity contribution in [3.05, 3.63) is 40.0 Å². The van der Waals surface area contributed by atoms with E-state index in [1.165, 1.54) is 5.56 Å². The number of hydrogen-bond acceptors (Lipinski definition) is 1. The molecule has 0 aliphatic rings. The molecule has 0 saturated heterocycles. The standard InChI is InChI=1S/C14H16ClN/c1-8(2)11-6-5-7-12-13(15)9(3)10(4)16-14(11)12/h5-8H,1-4H3. The van der Waals surface area contributed by atoms with E-state index in [0.717, 1.165) is 27.2 Å². The van der Waals surface area contributed by atoms with Crippen molar-refractivity contribution in [3.8, 4) is 0 Å². The van der Waals surface area contributed by atoms with E-state index in [0.29, 0.717) is 5.92 Å². The Morgan fingerprint density at radius 2 is 1.88 bits per heavy atom. The summed E-state index contributed by atoms with van der Waals surface area (Å²) in [5.74, 6) is 0.467. The third-order valence-electron chi connectivity index (χ3n) is 3.08. The second-order valence-electron chi connectivity index (χ2n) is 4.53. The summed E-state index contributed by atoms with van der Waals surface area (Å²) in [6, 6.07) is 6.23. The van der Waals surface area contributed by atoms with Gasteiger partial charge in [-0.25, -0.2) is 0 Å². The second kappa shape index (κ2) is 4.06. The Balaban J connectivity index is 2.89. The Morgan fingerprint density at radius 3 is 2.50 bits per heavy atom. The molecule has 0 aliphatic heterocycles. The smallest absolute Gasteiger partial charge is 0.0754 e. The average molecular weight is 234 g/mol. The normalized spacial score (nSPS) is 11.4. The second-order valence-corrected chi connectivity index (χ2v) is 4.91. The molecule has 0 spiro atoms. The van der Waals surface area contributed by atoms with Gasteiger partial charge in [-0.15, -0.1) is 0 Å². The van der Waals surface area contributed by atoms with Gasteiger partial charge in [-0.2, -0.15) is 0 Å². The first-order valence-corrected chi connectivity index (χ1v) is 5.95. The van der Waals surface area contributed by atoms with E-state index in [-0.39, 0.29) is 0 Å². The van der Waals surface area contributed by atoms with Crippen molar-refractivity contribution in [1.82, 2.24) is 4.98 Å². The summed E-state index contributed by atoms with van der Waals surface area (Å²) < 4.78 is 0. The van der Waals surface area contributed by atoms with Gasteiger partial charge in [0.1, 0.15) is 0 Å². The molecule has 0 atom stereocenters. The van der Waals surface area contributed by atoms with E-state index in [1.54, 1.807) is 0 Å². The van der Waals surface area contributed by atoms with E-state index in [2.05, 4.69) is 31.0 Å². The highest BCUT2D eigenvalue weighted by atomic mass is 35.5. The molecule has 0 unspecified atom stereocenters. The van der Waals surface area contributed by atoms with Crippen LogP contribution in [0.25, 0.3) is 10.9 Å². The molecule has 2 rings (SSSR count). The largest absolute Gasteiger partial charge is 0.252 e. The lowest BCUT2D eigenvalue weighted by Gasteiger charge is -2.12. The summed E-state index contributed by atoms with van der Waals surface area (Å²) in [5, 5.41) is 1.90. The van der Waals surface area contributed by atoms with Crippen molar-refractivity contribution in [1.29, 1.82) is 0 Å². The maximum absolute atomic E-state index is 6.37. The van der Waals surface area contributed by atoms with Crippen molar-refractivity contribution in [2.75, 3.05) is 0 Å². The van der Waals surface area contributed by atoms with Gasteiger partial charge in [0.25, 0.3) is 0 Å². The molecule has 0 aliphatic carbocycles. The molecule has 0 radical (unpaired) electrons. The highest BCUT2D eigenvalue weighted by Gasteiger charge is 2.11. The fourth-order valence-electron chi connectivity index (χ4n) is 1.94. The summed E-state index contributed by atoms with van der Waals surface area (Å²) in [6.45, 7) is 8.39. The molecule has 0 saturated carbocycles. The van der Waals surface area contributed by atoms with E-state index < -0.39 is 0 Å². The molecular weight excluding hydrogens is 218 g/mol. The van der Waals surface area contributed by atoms with Crippen molar-refractivity contribution < 1.29 is 0 Å². The molecule has 0 amide bonds. The monoisotopic (exact) mass is 233 g/mol. The number of benzene rings is 1. The molecule has 2 aromatic rings. The Hall–Kier alpha value is -1.08. The van der Waals surface area contributed by atoms with Gasteiger partial charge in [0, 0.05) is 11.1 Å². The highest BCUT2D eigenvalue weighted by Crippen LogP contribution is 2.31. The Bertz CT molecular complexity index is 544. The lowest BCUT2D eigenvalue weighted by Crippen LogP contribution is -1.96. The van der Waals surface area contributed by atoms with Gasteiger partial charge in [-0.05, 0) is 30.9 Å². The van der Waals surface area contributed by atoms with Gasteiger partial charge in [-0.1, -0.05) is 43.6 Å². The number of aromatic nitrogens is 1. The number of para-hydroxylation sites is 1. The summed E-state index contributed by atoms with van der Waals surface area (Å²) in [4.78, 5) is 4.67. The topological polar surface area (TPSA) is 12.9 Å². The molecule has 1 heterocycles. The predicted molar refractivity (Wildman–Crippen MR) is 70.3 cm³/mol. The van der Waals surface area contributed by atoms with Gasteiger partial charge >= 0.3 is 0 Å². The van der Waals surface area contributed by atoms with Crippen molar-refractivity contribution >= 4 is 22.5 Å². The predicted octanol–water partition coefficient (Wildman–Crippen LogP) is 4.63. The number of pyridine rings is 1. The van der Waals surface area contributed by atoms with Crippen LogP contribution in [0.1, 0.15) is 36.6 Å². The molecule has 1 nitrogen and oxygen atoms in total. The molecule has 0 fully saturated rings. The van der Waals surface area contributed by atoms with Gasteiger partial charge in [0.2, 0.25) is 0 Å². The van der Waals surface area contributed by atoms with Crippen LogP contribution in [0.2, 0.25) is 5.02 Å². The van der Waals surface area contributed by atoms with Crippen molar-refractivity contribution in [2.24, 2.45) is 0 Å². The number of nitrogens with zero attached hydrogens (tertiary/aromatic N) is 1. The first-order valence-electron chi connectivity index (χ1n) is 5.57. The maximum atomic E-state index is 6.37. The Labute approximate surface area is 101 Å². The molecular formula is C14H16ClN. The molecule has 0 bridgehead atoms. The lowest BCUT2D eigenvalue weighted by molar-refractivity contribution is 0.872. The lowest BCUT2D eigenvalue weighted by atomic mass is 9.98. The van der Waals surface area contributed by atoms with Crippen LogP contribution in [-0.4, -0.2) is 4.98 Å². The zero-order chi connectivity index (χ0) is 11.9. The van der Waals surface area contributed by atoms with Crippen LogP contribution < -0.4 is 0 Å². The molecule has 1 aromatic carbocycles. The first kappa shape index (κ1) is 11.4. The van der Waals surface area contributed by atoms with Crippen molar-refractivity contribution in [2.45, 2.75) is 33.6 Å². The Morgan fingerprint density at radius 1 is 1.19 bits per heavy atom. The van der Waals surface area contributed by atoms with Gasteiger partial charge < -0.3 is 0 Å². The highest BCUT2D eigenvalue weighted by molar-refractivity contribution is 6.36. The van der Waals surface area contributed by atoms with Gasteiger partial charge in [0.05, 0.1) is 10.5 Å². The molecule has 2 heteroatoms. The zero-order valence-electron chi connectivity index (χ0n) is 10.1. The van der Waals surface area contributed by atoms with Crippen LogP contribution in [0.5, 0.6) is 0 Å². The SMILES string of the molecule is Cc1nc2c(C(C)C)cccc2c(Cl)c1C. The summed E-state index contributed by atoms with van der Waals surface area (Å²) in [7, 11) is 0. The van der Waals surface area contributed by atoms with Crippen molar-refractivity contribution in [3.63, 3.8) is 0 Å². The Kier molecular flexibility index (Phi) is 2.90. The van der Waals surface area contributed by atoms with E-state index in [9.17, 15) is 0 Å². The van der Waals surface area contributed by atoms with E-state index >= 15 is 0 Å². The summed E-state index contributed by atoms with van der Waals surface area (Å²) >= 11 is 6.37. The molecule has 16 heavy (non-hydrogen) atoms. The molecule has 84 valence electrons. The minimum atomic E-state index is 0.467. The number of fused-ring (bicyclic) bond motifs is 1. The van der Waals surface area contributed by atoms with E-state index in [4.69, 9.17) is 11.6 Å². The molecule has 0 N–H and O–H groups in total. The number of rotatable bonds is 1. The van der Waals surface area contributed by atoms with Gasteiger partial charge in [-0.3, -0.25) is 4.98 Å². The van der Waals surface area contributed by atoms with Crippen LogP contribution in [0.15, 0.2) is 18.2 Å². The summed E-state index contributed by atoms with van der Waals surface area (Å²) in [5.41, 5.74) is 4.41. The van der Waals surface area contributed by atoms with Crippen LogP contribution >= 0.6 is 11.6 Å². The zero-order valence-corrected chi connectivity index (χ0v) is 10.9. The van der Waals surface area contributed by atoms with Crippen LogP contribution in [0, 0.1) is 13.8 Å². The minimum absolute atomic E-state index is 0.467. The number of hydrogen-bond donors (Lipinski definition) is 0. The van der Waals surface area contributed by atoms with Gasteiger partial charge in [0.15, 0.2) is 0 Å². The van der Waals surface area contributed by atoms with Crippen LogP contribution in [0.4, 0.5) is 0 Å². The third-order valence-corrected chi connectivity index (χ3v) is 3.56. The maximum Gasteiger partial charge on any atom is 0.0754 e. The number of halogens is 1. The number of aryl methyl sites for hydroxylation is 1. The third kappa shape index (κ3) is 1.69. The van der Waals surface area contributed by atoms with Crippen LogP contribution in [-0.2, 0) is 0 Å². The molecule has 1 aromatic heterocycles. The van der Waals surface area contributed by atoms with Crippen LogP contribution in [0.3, 0.4) is 0 Å².